The molecule has 0 fully saturated rings. The van der Waals surface area contributed by atoms with Gasteiger partial charge in [-0.05, 0) is 24.3 Å². The fraction of sp³-hybridized carbons (Fsp3) is 0. The summed E-state index contributed by atoms with van der Waals surface area (Å²) in [5, 5.41) is 11.5. The Labute approximate surface area is 86.8 Å². The van der Waals surface area contributed by atoms with Gasteiger partial charge in [0.2, 0.25) is 0 Å². The number of benzene rings is 2. The molecule has 2 aromatic carbocycles. The van der Waals surface area contributed by atoms with Crippen molar-refractivity contribution in [1.29, 1.82) is 0 Å². The lowest BCUT2D eigenvalue weighted by molar-refractivity contribution is 0.487. The van der Waals surface area contributed by atoms with E-state index in [1.807, 2.05) is 36.4 Å². The average Bonchev–Trinajstić information content (AvgIpc) is 2.30. The molecule has 2 heteroatoms. The number of hydrogen-bond acceptors (Lipinski definition) is 2. The highest BCUT2D eigenvalue weighted by Crippen LogP contribution is 2.30. The highest BCUT2D eigenvalue weighted by Gasteiger charge is 2.05. The van der Waals surface area contributed by atoms with Crippen LogP contribution in [0, 0.1) is 6.07 Å². The minimum absolute atomic E-state index is 0.260. The molecular formula is C13H8NO. The predicted octanol–water partition coefficient (Wildman–Crippen LogP) is 2.89. The number of nitrogens with zero attached hydrogens (tertiary/aromatic N) is 1. The Morgan fingerprint density at radius 2 is 1.80 bits per heavy atom. The number of fused-ring (bicyclic) bond motifs is 2. The van der Waals surface area contributed by atoms with E-state index in [0.717, 1.165) is 16.4 Å². The zero-order valence-electron chi connectivity index (χ0n) is 7.94. The molecule has 1 radical (unpaired) electrons. The average molecular weight is 194 g/mol. The van der Waals surface area contributed by atoms with Gasteiger partial charge in [-0.2, -0.15) is 0 Å². The molecule has 1 aromatic heterocycles. The van der Waals surface area contributed by atoms with E-state index in [2.05, 4.69) is 11.1 Å². The van der Waals surface area contributed by atoms with Crippen molar-refractivity contribution < 1.29 is 5.11 Å². The van der Waals surface area contributed by atoms with Crippen LogP contribution in [-0.2, 0) is 0 Å². The summed E-state index contributed by atoms with van der Waals surface area (Å²) in [6.45, 7) is 0. The highest BCUT2D eigenvalue weighted by atomic mass is 16.3. The summed E-state index contributed by atoms with van der Waals surface area (Å²) < 4.78 is 0. The van der Waals surface area contributed by atoms with E-state index in [1.165, 1.54) is 0 Å². The van der Waals surface area contributed by atoms with Crippen LogP contribution in [0.25, 0.3) is 21.8 Å². The van der Waals surface area contributed by atoms with E-state index in [4.69, 9.17) is 0 Å². The second-order valence-electron chi connectivity index (χ2n) is 3.41. The quantitative estimate of drug-likeness (QED) is 0.558. The van der Waals surface area contributed by atoms with Crippen molar-refractivity contribution in [3.63, 3.8) is 0 Å². The molecule has 1 heterocycles. The van der Waals surface area contributed by atoms with Crippen molar-refractivity contribution in [2.45, 2.75) is 0 Å². The molecule has 0 aliphatic rings. The van der Waals surface area contributed by atoms with Gasteiger partial charge in [0.05, 0.1) is 16.4 Å². The van der Waals surface area contributed by atoms with Crippen LogP contribution in [0.4, 0.5) is 0 Å². The maximum absolute atomic E-state index is 10.0. The zero-order valence-corrected chi connectivity index (χ0v) is 7.94. The van der Waals surface area contributed by atoms with Crippen LogP contribution in [0.2, 0.25) is 0 Å². The SMILES string of the molecule is Oc1c2[c]cccc2nc2ccccc12. The van der Waals surface area contributed by atoms with Gasteiger partial charge in [0.1, 0.15) is 5.75 Å². The van der Waals surface area contributed by atoms with E-state index in [0.29, 0.717) is 5.39 Å². The summed E-state index contributed by atoms with van der Waals surface area (Å²) in [5.74, 6) is 0.260. The molecule has 0 bridgehead atoms. The Hall–Kier alpha value is -2.09. The maximum atomic E-state index is 10.0. The third-order valence-corrected chi connectivity index (χ3v) is 2.47. The summed E-state index contributed by atoms with van der Waals surface area (Å²) in [7, 11) is 0. The number of pyridine rings is 1. The number of aromatic hydroxyl groups is 1. The molecule has 0 unspecified atom stereocenters. The summed E-state index contributed by atoms with van der Waals surface area (Å²) >= 11 is 0. The Morgan fingerprint density at radius 1 is 1.00 bits per heavy atom. The summed E-state index contributed by atoms with van der Waals surface area (Å²) in [6, 6.07) is 16.1. The van der Waals surface area contributed by atoms with Crippen LogP contribution < -0.4 is 0 Å². The number of aromatic nitrogens is 1. The van der Waals surface area contributed by atoms with Gasteiger partial charge < -0.3 is 5.11 Å². The largest absolute Gasteiger partial charge is 0.507 e. The predicted molar refractivity (Wildman–Crippen MR) is 59.7 cm³/mol. The van der Waals surface area contributed by atoms with Gasteiger partial charge >= 0.3 is 0 Å². The molecule has 0 atom stereocenters. The summed E-state index contributed by atoms with van der Waals surface area (Å²) in [4.78, 5) is 4.45. The van der Waals surface area contributed by atoms with Crippen molar-refractivity contribution >= 4 is 21.8 Å². The van der Waals surface area contributed by atoms with Gasteiger partial charge in [0.15, 0.2) is 0 Å². The highest BCUT2D eigenvalue weighted by molar-refractivity contribution is 5.99. The third-order valence-electron chi connectivity index (χ3n) is 2.47. The first-order valence-electron chi connectivity index (χ1n) is 4.74. The Morgan fingerprint density at radius 3 is 2.73 bits per heavy atom. The second-order valence-corrected chi connectivity index (χ2v) is 3.41. The van der Waals surface area contributed by atoms with Crippen LogP contribution in [0.15, 0.2) is 42.5 Å². The fourth-order valence-electron chi connectivity index (χ4n) is 1.75. The lowest BCUT2D eigenvalue weighted by Crippen LogP contribution is -1.83. The van der Waals surface area contributed by atoms with Crippen LogP contribution in [0.1, 0.15) is 0 Å². The molecule has 0 aliphatic heterocycles. The Kier molecular flexibility index (Phi) is 1.62. The van der Waals surface area contributed by atoms with Gasteiger partial charge in [-0.3, -0.25) is 0 Å². The van der Waals surface area contributed by atoms with Crippen molar-refractivity contribution in [1.82, 2.24) is 4.98 Å². The molecule has 1 N–H and O–H groups in total. The summed E-state index contributed by atoms with van der Waals surface area (Å²) in [5.41, 5.74) is 1.58. The lowest BCUT2D eigenvalue weighted by Gasteiger charge is -2.04. The van der Waals surface area contributed by atoms with Crippen molar-refractivity contribution in [2.75, 3.05) is 0 Å². The Bertz CT molecular complexity index is 592. The first kappa shape index (κ1) is 8.24. The Balaban J connectivity index is 2.60. The zero-order chi connectivity index (χ0) is 10.3. The summed E-state index contributed by atoms with van der Waals surface area (Å²) in [6.07, 6.45) is 0. The fourth-order valence-corrected chi connectivity index (χ4v) is 1.75. The molecule has 2 nitrogen and oxygen atoms in total. The van der Waals surface area contributed by atoms with Crippen LogP contribution in [0.3, 0.4) is 0 Å². The number of para-hydroxylation sites is 1. The molecular weight excluding hydrogens is 186 g/mol. The van der Waals surface area contributed by atoms with Crippen LogP contribution in [0.5, 0.6) is 5.75 Å². The number of rotatable bonds is 0. The molecule has 3 aromatic rings. The smallest absolute Gasteiger partial charge is 0.134 e. The standard InChI is InChI=1S/C13H8NO/c15-13-9-5-1-3-7-11(9)14-12-8-4-2-6-10(12)13/h1-5,7-8H,(H,14,15). The topological polar surface area (TPSA) is 33.1 Å². The molecule has 71 valence electrons. The van der Waals surface area contributed by atoms with Gasteiger partial charge in [-0.25, -0.2) is 4.98 Å². The normalized spacial score (nSPS) is 10.9. The van der Waals surface area contributed by atoms with Gasteiger partial charge in [-0.1, -0.05) is 24.3 Å². The maximum Gasteiger partial charge on any atom is 0.134 e. The number of hydrogen-bond donors (Lipinski definition) is 1. The molecule has 0 spiro atoms. The van der Waals surface area contributed by atoms with Crippen molar-refractivity contribution in [3.05, 3.63) is 48.5 Å². The molecule has 3 rings (SSSR count). The lowest BCUT2D eigenvalue weighted by atomic mass is 10.1. The van der Waals surface area contributed by atoms with E-state index >= 15 is 0 Å². The monoisotopic (exact) mass is 194 g/mol. The van der Waals surface area contributed by atoms with Crippen molar-refractivity contribution in [3.8, 4) is 5.75 Å². The van der Waals surface area contributed by atoms with Crippen molar-refractivity contribution in [2.24, 2.45) is 0 Å². The third kappa shape index (κ3) is 1.15. The minimum atomic E-state index is 0.260. The van der Waals surface area contributed by atoms with Crippen LogP contribution >= 0.6 is 0 Å². The van der Waals surface area contributed by atoms with E-state index in [-0.39, 0.29) is 5.75 Å². The molecule has 0 aliphatic carbocycles. The second kappa shape index (κ2) is 2.95. The first-order chi connectivity index (χ1) is 7.36. The van der Waals surface area contributed by atoms with E-state index < -0.39 is 0 Å². The van der Waals surface area contributed by atoms with E-state index in [9.17, 15) is 5.11 Å². The van der Waals surface area contributed by atoms with Gasteiger partial charge in [0, 0.05) is 5.39 Å². The molecule has 0 amide bonds. The molecule has 15 heavy (non-hydrogen) atoms. The van der Waals surface area contributed by atoms with Gasteiger partial charge in [-0.15, -0.1) is 0 Å². The van der Waals surface area contributed by atoms with E-state index in [1.54, 1.807) is 6.07 Å². The minimum Gasteiger partial charge on any atom is -0.507 e. The molecule has 0 saturated heterocycles. The molecule has 0 saturated carbocycles. The first-order valence-corrected chi connectivity index (χ1v) is 4.74. The van der Waals surface area contributed by atoms with Gasteiger partial charge in [0.25, 0.3) is 0 Å². The van der Waals surface area contributed by atoms with Crippen LogP contribution in [-0.4, -0.2) is 10.1 Å².